The second-order valence-electron chi connectivity index (χ2n) is 5.27. The Labute approximate surface area is 150 Å². The summed E-state index contributed by atoms with van der Waals surface area (Å²) in [6, 6.07) is 18.8. The predicted octanol–water partition coefficient (Wildman–Crippen LogP) is 4.00. The second kappa shape index (κ2) is 8.26. The normalized spacial score (nSPS) is 10.3. The molecule has 0 saturated carbocycles. The molecule has 0 aliphatic rings. The molecule has 3 rings (SSSR count). The fourth-order valence-electron chi connectivity index (χ4n) is 2.22. The molecule has 0 spiro atoms. The van der Waals surface area contributed by atoms with Gasteiger partial charge >= 0.3 is 0 Å². The first kappa shape index (κ1) is 16.9. The number of aromatic nitrogens is 2. The van der Waals surface area contributed by atoms with Crippen molar-refractivity contribution in [3.8, 4) is 5.75 Å². The maximum atomic E-state index is 12.1. The maximum Gasteiger partial charge on any atom is 0.274 e. The minimum absolute atomic E-state index is 0.0369. The van der Waals surface area contributed by atoms with Crippen molar-refractivity contribution in [2.75, 3.05) is 11.9 Å². The molecular formula is C19H16ClN3O2. The highest BCUT2D eigenvalue weighted by atomic mass is 35.5. The van der Waals surface area contributed by atoms with Gasteiger partial charge in [-0.15, -0.1) is 0 Å². The van der Waals surface area contributed by atoms with Gasteiger partial charge in [-0.1, -0.05) is 30.3 Å². The van der Waals surface area contributed by atoms with E-state index in [1.807, 2.05) is 30.3 Å². The Morgan fingerprint density at radius 3 is 2.52 bits per heavy atom. The lowest BCUT2D eigenvalue weighted by molar-refractivity contribution is 0.102. The lowest BCUT2D eigenvalue weighted by Gasteiger charge is -2.08. The number of ether oxygens (including phenoxy) is 1. The highest BCUT2D eigenvalue weighted by Gasteiger charge is 2.08. The molecule has 1 amide bonds. The number of benzene rings is 2. The number of rotatable bonds is 6. The average Bonchev–Trinajstić information content (AvgIpc) is 2.64. The fourth-order valence-corrected chi connectivity index (χ4v) is 2.37. The van der Waals surface area contributed by atoms with Crippen molar-refractivity contribution in [3.05, 3.63) is 83.4 Å². The van der Waals surface area contributed by atoms with E-state index in [4.69, 9.17) is 16.3 Å². The van der Waals surface area contributed by atoms with Gasteiger partial charge in [0.05, 0.1) is 6.61 Å². The van der Waals surface area contributed by atoms with Gasteiger partial charge < -0.3 is 10.1 Å². The van der Waals surface area contributed by atoms with E-state index in [2.05, 4.69) is 27.4 Å². The molecule has 0 atom stereocenters. The van der Waals surface area contributed by atoms with Crippen LogP contribution in [0, 0.1) is 0 Å². The molecular weight excluding hydrogens is 338 g/mol. The zero-order valence-corrected chi connectivity index (χ0v) is 14.1. The summed E-state index contributed by atoms with van der Waals surface area (Å²) in [6.07, 6.45) is 2.28. The number of carbonyl (C=O) groups is 1. The summed E-state index contributed by atoms with van der Waals surface area (Å²) in [6.45, 7) is 0.592. The minimum atomic E-state index is -0.345. The van der Waals surface area contributed by atoms with Crippen LogP contribution in [0.3, 0.4) is 0 Å². The largest absolute Gasteiger partial charge is 0.493 e. The molecule has 0 aliphatic carbocycles. The van der Waals surface area contributed by atoms with Crippen molar-refractivity contribution >= 4 is 23.2 Å². The first-order valence-corrected chi connectivity index (χ1v) is 8.15. The summed E-state index contributed by atoms with van der Waals surface area (Å²) in [5.41, 5.74) is 2.09. The number of hydrogen-bond donors (Lipinski definition) is 1. The molecule has 0 radical (unpaired) electrons. The third-order valence-electron chi connectivity index (χ3n) is 3.47. The van der Waals surface area contributed by atoms with Gasteiger partial charge in [0.2, 0.25) is 5.28 Å². The van der Waals surface area contributed by atoms with Crippen LogP contribution in [-0.2, 0) is 6.42 Å². The quantitative estimate of drug-likeness (QED) is 0.680. The summed E-state index contributed by atoms with van der Waals surface area (Å²) >= 11 is 5.69. The third kappa shape index (κ3) is 5.02. The molecule has 3 aromatic rings. The zero-order valence-electron chi connectivity index (χ0n) is 13.4. The number of nitrogens with one attached hydrogen (secondary N) is 1. The Bertz CT molecular complexity index is 839. The van der Waals surface area contributed by atoms with Crippen LogP contribution in [-0.4, -0.2) is 22.5 Å². The van der Waals surface area contributed by atoms with E-state index in [1.54, 1.807) is 12.1 Å². The van der Waals surface area contributed by atoms with Crippen LogP contribution in [0.2, 0.25) is 5.28 Å². The van der Waals surface area contributed by atoms with E-state index in [1.165, 1.54) is 17.8 Å². The number of halogens is 1. The molecule has 25 heavy (non-hydrogen) atoms. The van der Waals surface area contributed by atoms with Crippen LogP contribution in [0.25, 0.3) is 0 Å². The molecule has 2 aromatic carbocycles. The molecule has 1 heterocycles. The van der Waals surface area contributed by atoms with Gasteiger partial charge in [-0.2, -0.15) is 0 Å². The van der Waals surface area contributed by atoms with E-state index in [0.29, 0.717) is 12.3 Å². The van der Waals surface area contributed by atoms with E-state index in [0.717, 1.165) is 12.2 Å². The first-order valence-electron chi connectivity index (χ1n) is 7.77. The van der Waals surface area contributed by atoms with Crippen molar-refractivity contribution in [1.82, 2.24) is 9.97 Å². The van der Waals surface area contributed by atoms with E-state index < -0.39 is 0 Å². The van der Waals surface area contributed by atoms with Gasteiger partial charge in [0.1, 0.15) is 11.4 Å². The van der Waals surface area contributed by atoms with Gasteiger partial charge in [-0.05, 0) is 47.5 Å². The van der Waals surface area contributed by atoms with Crippen LogP contribution in [0.4, 0.5) is 5.69 Å². The number of nitrogens with zero attached hydrogens (tertiary/aromatic N) is 2. The average molecular weight is 354 g/mol. The standard InChI is InChI=1S/C19H16ClN3O2/c20-19-21-12-10-17(23-19)18(24)22-15-6-8-16(9-7-15)25-13-11-14-4-2-1-3-5-14/h1-10,12H,11,13H2,(H,22,24). The van der Waals surface area contributed by atoms with Crippen molar-refractivity contribution < 1.29 is 9.53 Å². The fraction of sp³-hybridized carbons (Fsp3) is 0.105. The maximum absolute atomic E-state index is 12.1. The number of amides is 1. The molecule has 6 heteroatoms. The van der Waals surface area contributed by atoms with E-state index in [9.17, 15) is 4.79 Å². The Morgan fingerprint density at radius 2 is 1.80 bits per heavy atom. The van der Waals surface area contributed by atoms with Crippen LogP contribution < -0.4 is 10.1 Å². The van der Waals surface area contributed by atoms with Crippen molar-refractivity contribution in [1.29, 1.82) is 0 Å². The summed E-state index contributed by atoms with van der Waals surface area (Å²) in [5.74, 6) is 0.404. The summed E-state index contributed by atoms with van der Waals surface area (Å²) in [5, 5.41) is 2.79. The molecule has 126 valence electrons. The molecule has 5 nitrogen and oxygen atoms in total. The van der Waals surface area contributed by atoms with Crippen LogP contribution in [0.15, 0.2) is 66.9 Å². The summed E-state index contributed by atoms with van der Waals surface area (Å²) < 4.78 is 5.72. The van der Waals surface area contributed by atoms with Gasteiger partial charge in [0.25, 0.3) is 5.91 Å². The van der Waals surface area contributed by atoms with Gasteiger partial charge in [0, 0.05) is 18.3 Å². The lowest BCUT2D eigenvalue weighted by Crippen LogP contribution is -2.13. The van der Waals surface area contributed by atoms with Crippen molar-refractivity contribution in [2.24, 2.45) is 0 Å². The van der Waals surface area contributed by atoms with Crippen LogP contribution in [0.1, 0.15) is 16.1 Å². The van der Waals surface area contributed by atoms with Crippen LogP contribution >= 0.6 is 11.6 Å². The number of hydrogen-bond acceptors (Lipinski definition) is 4. The molecule has 0 unspecified atom stereocenters. The monoisotopic (exact) mass is 353 g/mol. The second-order valence-corrected chi connectivity index (χ2v) is 5.61. The van der Waals surface area contributed by atoms with Gasteiger partial charge in [-0.3, -0.25) is 4.79 Å². The molecule has 0 saturated heterocycles. The van der Waals surface area contributed by atoms with Crippen molar-refractivity contribution in [2.45, 2.75) is 6.42 Å². The Morgan fingerprint density at radius 1 is 1.04 bits per heavy atom. The Hall–Kier alpha value is -2.92. The smallest absolute Gasteiger partial charge is 0.274 e. The van der Waals surface area contributed by atoms with Gasteiger partial charge in [0.15, 0.2) is 0 Å². The summed E-state index contributed by atoms with van der Waals surface area (Å²) in [7, 11) is 0. The first-order chi connectivity index (χ1) is 12.2. The highest BCUT2D eigenvalue weighted by molar-refractivity contribution is 6.28. The minimum Gasteiger partial charge on any atom is -0.493 e. The number of carbonyl (C=O) groups excluding carboxylic acids is 1. The van der Waals surface area contributed by atoms with Gasteiger partial charge in [-0.25, -0.2) is 9.97 Å². The molecule has 0 fully saturated rings. The lowest BCUT2D eigenvalue weighted by atomic mass is 10.2. The Balaban J connectivity index is 1.52. The SMILES string of the molecule is O=C(Nc1ccc(OCCc2ccccc2)cc1)c1ccnc(Cl)n1. The topological polar surface area (TPSA) is 64.1 Å². The Kier molecular flexibility index (Phi) is 5.59. The zero-order chi connectivity index (χ0) is 17.5. The van der Waals surface area contributed by atoms with Crippen LogP contribution in [0.5, 0.6) is 5.75 Å². The van der Waals surface area contributed by atoms with Crippen molar-refractivity contribution in [3.63, 3.8) is 0 Å². The predicted molar refractivity (Wildman–Crippen MR) is 97.1 cm³/mol. The molecule has 0 aliphatic heterocycles. The number of anilines is 1. The molecule has 1 N–H and O–H groups in total. The van der Waals surface area contributed by atoms with E-state index >= 15 is 0 Å². The highest BCUT2D eigenvalue weighted by Crippen LogP contribution is 2.17. The molecule has 1 aromatic heterocycles. The third-order valence-corrected chi connectivity index (χ3v) is 3.66. The summed E-state index contributed by atoms with van der Waals surface area (Å²) in [4.78, 5) is 19.7. The van der Waals surface area contributed by atoms with E-state index in [-0.39, 0.29) is 16.9 Å². The molecule has 0 bridgehead atoms.